The molecule has 0 bridgehead atoms. The first-order valence-corrected chi connectivity index (χ1v) is 9.28. The maximum Gasteiger partial charge on any atom is 0.272 e. The summed E-state index contributed by atoms with van der Waals surface area (Å²) < 4.78 is 5.42. The molecule has 0 saturated heterocycles. The van der Waals surface area contributed by atoms with Crippen molar-refractivity contribution >= 4 is 22.8 Å². The third kappa shape index (κ3) is 3.93. The van der Waals surface area contributed by atoms with Crippen molar-refractivity contribution in [2.45, 2.75) is 47.1 Å². The van der Waals surface area contributed by atoms with Gasteiger partial charge < -0.3 is 4.42 Å². The Morgan fingerprint density at radius 2 is 1.61 bits per heavy atom. The van der Waals surface area contributed by atoms with Gasteiger partial charge in [0.05, 0.1) is 11.8 Å². The Kier molecular flexibility index (Phi) is 5.02. The van der Waals surface area contributed by atoms with E-state index in [0.29, 0.717) is 16.7 Å². The molecule has 2 aromatic carbocycles. The Balaban J connectivity index is 1.95. The second-order valence-corrected chi connectivity index (χ2v) is 8.25. The predicted molar refractivity (Wildman–Crippen MR) is 110 cm³/mol. The van der Waals surface area contributed by atoms with Crippen LogP contribution in [0.5, 0.6) is 0 Å². The number of hydrogen-bond acceptors (Lipinski definition) is 3. The van der Waals surface area contributed by atoms with E-state index in [1.165, 1.54) is 5.01 Å². The zero-order valence-corrected chi connectivity index (χ0v) is 17.2. The maximum atomic E-state index is 13.2. The second kappa shape index (κ2) is 7.15. The number of hydrogen-bond donors (Lipinski definition) is 1. The van der Waals surface area contributed by atoms with E-state index in [9.17, 15) is 9.59 Å². The van der Waals surface area contributed by atoms with Crippen LogP contribution in [-0.4, -0.2) is 22.4 Å². The van der Waals surface area contributed by atoms with Gasteiger partial charge in [0, 0.05) is 16.5 Å². The molecule has 0 aliphatic carbocycles. The van der Waals surface area contributed by atoms with Crippen molar-refractivity contribution in [2.75, 3.05) is 0 Å². The average Bonchev–Trinajstić information content (AvgIpc) is 3.03. The molecule has 0 spiro atoms. The van der Waals surface area contributed by atoms with Crippen molar-refractivity contribution in [1.29, 1.82) is 0 Å². The van der Waals surface area contributed by atoms with Gasteiger partial charge in [0.15, 0.2) is 0 Å². The van der Waals surface area contributed by atoms with Gasteiger partial charge in [-0.1, -0.05) is 17.2 Å². The van der Waals surface area contributed by atoms with Crippen LogP contribution in [0.15, 0.2) is 47.1 Å². The molecule has 0 saturated carbocycles. The van der Waals surface area contributed by atoms with E-state index in [1.54, 1.807) is 12.3 Å². The number of hydrazine groups is 1. The van der Waals surface area contributed by atoms with E-state index in [2.05, 4.69) is 5.43 Å². The van der Waals surface area contributed by atoms with E-state index in [1.807, 2.05) is 71.9 Å². The molecule has 0 fully saturated rings. The van der Waals surface area contributed by atoms with Gasteiger partial charge in [-0.05, 0) is 77.4 Å². The van der Waals surface area contributed by atoms with Crippen LogP contribution in [0.25, 0.3) is 11.0 Å². The number of nitrogens with one attached hydrogen (secondary N) is 1. The van der Waals surface area contributed by atoms with E-state index >= 15 is 0 Å². The molecule has 0 radical (unpaired) electrons. The molecule has 1 aromatic heterocycles. The van der Waals surface area contributed by atoms with Gasteiger partial charge in [-0.2, -0.15) is 0 Å². The average molecular weight is 378 g/mol. The van der Waals surface area contributed by atoms with Gasteiger partial charge in [-0.15, -0.1) is 0 Å². The first-order valence-electron chi connectivity index (χ1n) is 9.28. The third-order valence-electron chi connectivity index (χ3n) is 4.60. The number of carbonyl (C=O) groups is 2. The Hall–Kier alpha value is -3.08. The molecular weight excluding hydrogens is 352 g/mol. The summed E-state index contributed by atoms with van der Waals surface area (Å²) in [6.07, 6.45) is 1.59. The molecule has 0 aliphatic rings. The third-order valence-corrected chi connectivity index (χ3v) is 4.60. The molecular formula is C23H26N2O3. The molecule has 0 aliphatic heterocycles. The molecule has 1 heterocycles. The highest BCUT2D eigenvalue weighted by molar-refractivity contribution is 6.02. The van der Waals surface area contributed by atoms with Crippen LogP contribution in [0.3, 0.4) is 0 Å². The van der Waals surface area contributed by atoms with E-state index < -0.39 is 5.54 Å². The molecule has 3 rings (SSSR count). The van der Waals surface area contributed by atoms with Crippen molar-refractivity contribution in [1.82, 2.24) is 10.4 Å². The zero-order valence-electron chi connectivity index (χ0n) is 17.2. The summed E-state index contributed by atoms with van der Waals surface area (Å²) in [6.45, 7) is 11.4. The molecule has 0 atom stereocenters. The van der Waals surface area contributed by atoms with Gasteiger partial charge in [0.1, 0.15) is 5.58 Å². The number of carbonyl (C=O) groups excluding carboxylic acids is 2. The molecule has 1 N–H and O–H groups in total. The summed E-state index contributed by atoms with van der Waals surface area (Å²) in [5.74, 6) is -0.590. The number of fused-ring (bicyclic) bond motifs is 1. The van der Waals surface area contributed by atoms with Crippen LogP contribution in [0.4, 0.5) is 0 Å². The van der Waals surface area contributed by atoms with E-state index in [-0.39, 0.29) is 11.8 Å². The summed E-state index contributed by atoms with van der Waals surface area (Å²) in [6, 6.07) is 11.2. The minimum Gasteiger partial charge on any atom is -0.464 e. The Labute approximate surface area is 165 Å². The fraction of sp³-hybridized carbons (Fsp3) is 0.304. The van der Waals surface area contributed by atoms with Gasteiger partial charge in [-0.25, -0.2) is 5.01 Å². The fourth-order valence-electron chi connectivity index (χ4n) is 3.28. The van der Waals surface area contributed by atoms with E-state index in [0.717, 1.165) is 22.1 Å². The lowest BCUT2D eigenvalue weighted by Gasteiger charge is -2.35. The van der Waals surface area contributed by atoms with Gasteiger partial charge in [-0.3, -0.25) is 15.0 Å². The molecule has 2 amide bonds. The highest BCUT2D eigenvalue weighted by Crippen LogP contribution is 2.22. The number of nitrogens with zero attached hydrogens (tertiary/aromatic N) is 1. The van der Waals surface area contributed by atoms with Crippen molar-refractivity contribution < 1.29 is 14.0 Å². The normalized spacial score (nSPS) is 11.5. The Morgan fingerprint density at radius 3 is 2.21 bits per heavy atom. The quantitative estimate of drug-likeness (QED) is 0.642. The van der Waals surface area contributed by atoms with Crippen LogP contribution >= 0.6 is 0 Å². The molecule has 146 valence electrons. The van der Waals surface area contributed by atoms with Gasteiger partial charge in [0.2, 0.25) is 0 Å². The number of rotatable bonds is 2. The van der Waals surface area contributed by atoms with Crippen LogP contribution in [-0.2, 0) is 0 Å². The number of benzene rings is 2. The highest BCUT2D eigenvalue weighted by atomic mass is 16.3. The summed E-state index contributed by atoms with van der Waals surface area (Å²) in [7, 11) is 0. The summed E-state index contributed by atoms with van der Waals surface area (Å²) >= 11 is 0. The lowest BCUT2D eigenvalue weighted by Crippen LogP contribution is -2.56. The summed E-state index contributed by atoms with van der Waals surface area (Å²) in [4.78, 5) is 26.2. The molecule has 5 heteroatoms. The highest BCUT2D eigenvalue weighted by Gasteiger charge is 2.30. The topological polar surface area (TPSA) is 62.6 Å². The molecule has 0 unspecified atom stereocenters. The second-order valence-electron chi connectivity index (χ2n) is 8.25. The van der Waals surface area contributed by atoms with Crippen molar-refractivity contribution in [2.24, 2.45) is 0 Å². The predicted octanol–water partition coefficient (Wildman–Crippen LogP) is 4.94. The van der Waals surface area contributed by atoms with Crippen molar-refractivity contribution in [3.63, 3.8) is 0 Å². The number of amides is 2. The number of aryl methyl sites for hydroxylation is 3. The largest absolute Gasteiger partial charge is 0.464 e. The minimum absolute atomic E-state index is 0.246. The molecule has 5 nitrogen and oxygen atoms in total. The fourth-order valence-corrected chi connectivity index (χ4v) is 3.28. The lowest BCUT2D eigenvalue weighted by molar-refractivity contribution is 0.0358. The van der Waals surface area contributed by atoms with E-state index in [4.69, 9.17) is 4.42 Å². The van der Waals surface area contributed by atoms with Crippen molar-refractivity contribution in [3.05, 3.63) is 70.5 Å². The summed E-state index contributed by atoms with van der Waals surface area (Å²) in [5.41, 5.74) is 6.69. The van der Waals surface area contributed by atoms with Crippen LogP contribution in [0, 0.1) is 20.8 Å². The zero-order chi connectivity index (χ0) is 20.6. The maximum absolute atomic E-state index is 13.2. The van der Waals surface area contributed by atoms with Crippen LogP contribution in [0.1, 0.15) is 58.2 Å². The number of furan rings is 1. The SMILES string of the molecule is Cc1cc(C)cc(C(=O)N(NC(=O)c2cc3occc3cc2C)C(C)(C)C)c1. The molecule has 3 aromatic rings. The standard InChI is InChI=1S/C23H26N2O3/c1-14-9-15(2)11-18(10-14)22(27)25(23(4,5)6)24-21(26)19-13-20-17(7-8-28-20)12-16(19)3/h7-13H,1-6H3,(H,24,26). The first-order chi connectivity index (χ1) is 13.1. The smallest absolute Gasteiger partial charge is 0.272 e. The molecule has 28 heavy (non-hydrogen) atoms. The first kappa shape index (κ1) is 19.7. The lowest BCUT2D eigenvalue weighted by atomic mass is 10.0. The Bertz CT molecular complexity index is 1040. The van der Waals surface area contributed by atoms with Crippen LogP contribution < -0.4 is 5.43 Å². The van der Waals surface area contributed by atoms with Crippen LogP contribution in [0.2, 0.25) is 0 Å². The minimum atomic E-state index is -0.604. The Morgan fingerprint density at radius 1 is 0.964 bits per heavy atom. The van der Waals surface area contributed by atoms with Gasteiger partial charge in [0.25, 0.3) is 11.8 Å². The van der Waals surface area contributed by atoms with Crippen molar-refractivity contribution in [3.8, 4) is 0 Å². The van der Waals surface area contributed by atoms with Gasteiger partial charge >= 0.3 is 0 Å². The monoisotopic (exact) mass is 378 g/mol. The summed E-state index contributed by atoms with van der Waals surface area (Å²) in [5, 5.41) is 2.34.